The minimum Gasteiger partial charge on any atom is -0.444 e. The SMILES string of the molecule is CC(C)(C)OC(=O)NC(ONNC(C(N)=O)c1cccc(Cl)c1)c1ccc(Br)cc1. The van der Waals surface area contributed by atoms with E-state index in [9.17, 15) is 9.59 Å². The number of nitrogens with one attached hydrogen (secondary N) is 3. The topological polar surface area (TPSA) is 115 Å². The van der Waals surface area contributed by atoms with E-state index < -0.39 is 29.9 Å². The van der Waals surface area contributed by atoms with Crippen LogP contribution in [0, 0.1) is 0 Å². The van der Waals surface area contributed by atoms with Crippen LogP contribution in [0.3, 0.4) is 0 Å². The van der Waals surface area contributed by atoms with E-state index in [-0.39, 0.29) is 0 Å². The van der Waals surface area contributed by atoms with Gasteiger partial charge in [-0.1, -0.05) is 51.8 Å². The molecule has 2 amide bonds. The smallest absolute Gasteiger partial charge is 0.410 e. The minimum absolute atomic E-state index is 0.459. The van der Waals surface area contributed by atoms with Crippen LogP contribution in [0.5, 0.6) is 0 Å². The van der Waals surface area contributed by atoms with Gasteiger partial charge >= 0.3 is 6.09 Å². The largest absolute Gasteiger partial charge is 0.444 e. The first-order chi connectivity index (χ1) is 14.0. The lowest BCUT2D eigenvalue weighted by Crippen LogP contribution is -2.45. The molecule has 8 nitrogen and oxygen atoms in total. The van der Waals surface area contributed by atoms with E-state index in [1.807, 2.05) is 0 Å². The van der Waals surface area contributed by atoms with E-state index in [0.717, 1.165) is 4.47 Å². The number of carbonyl (C=O) groups is 2. The molecule has 2 aromatic rings. The van der Waals surface area contributed by atoms with Crippen molar-refractivity contribution in [2.75, 3.05) is 0 Å². The Hall–Kier alpha value is -2.17. The van der Waals surface area contributed by atoms with Crippen molar-refractivity contribution < 1.29 is 19.2 Å². The summed E-state index contributed by atoms with van der Waals surface area (Å²) in [6.45, 7) is 5.26. The summed E-state index contributed by atoms with van der Waals surface area (Å²) >= 11 is 9.35. The molecule has 2 unspecified atom stereocenters. The fourth-order valence-electron chi connectivity index (χ4n) is 2.39. The van der Waals surface area contributed by atoms with E-state index in [1.165, 1.54) is 0 Å². The van der Waals surface area contributed by atoms with Gasteiger partial charge in [0, 0.05) is 15.1 Å². The monoisotopic (exact) mass is 498 g/mol. The molecule has 0 spiro atoms. The van der Waals surface area contributed by atoms with E-state index in [1.54, 1.807) is 69.3 Å². The number of hydrogen-bond donors (Lipinski definition) is 4. The number of hydrazine groups is 1. The first-order valence-electron chi connectivity index (χ1n) is 9.01. The molecule has 2 rings (SSSR count). The van der Waals surface area contributed by atoms with Crippen molar-refractivity contribution >= 4 is 39.5 Å². The summed E-state index contributed by atoms with van der Waals surface area (Å²) in [4.78, 5) is 29.6. The van der Waals surface area contributed by atoms with Gasteiger partial charge in [-0.25, -0.2) is 10.2 Å². The summed E-state index contributed by atoms with van der Waals surface area (Å²) in [5.74, 6) is -0.645. The van der Waals surface area contributed by atoms with Crippen LogP contribution in [0.2, 0.25) is 5.02 Å². The molecule has 2 aromatic carbocycles. The predicted molar refractivity (Wildman–Crippen MR) is 117 cm³/mol. The molecule has 0 aliphatic carbocycles. The lowest BCUT2D eigenvalue weighted by Gasteiger charge is -2.25. The summed E-state index contributed by atoms with van der Waals surface area (Å²) in [5.41, 5.74) is 11.2. The van der Waals surface area contributed by atoms with E-state index in [4.69, 9.17) is 26.9 Å². The molecular weight excluding hydrogens is 476 g/mol. The Morgan fingerprint density at radius 3 is 2.33 bits per heavy atom. The third-order valence-electron chi connectivity index (χ3n) is 3.67. The van der Waals surface area contributed by atoms with Gasteiger partial charge in [0.2, 0.25) is 5.91 Å². The fraction of sp³-hybridized carbons (Fsp3) is 0.300. The number of ether oxygens (including phenoxy) is 1. The number of hydrogen-bond acceptors (Lipinski definition) is 6. The minimum atomic E-state index is -0.923. The lowest BCUT2D eigenvalue weighted by molar-refractivity contribution is -0.124. The van der Waals surface area contributed by atoms with Crippen molar-refractivity contribution in [3.05, 3.63) is 69.2 Å². The van der Waals surface area contributed by atoms with Gasteiger partial charge in [0.05, 0.1) is 0 Å². The number of alkyl carbamates (subject to hydrolysis) is 1. The molecule has 0 fully saturated rings. The molecule has 2 atom stereocenters. The van der Waals surface area contributed by atoms with Gasteiger partial charge < -0.3 is 10.5 Å². The highest BCUT2D eigenvalue weighted by molar-refractivity contribution is 9.10. The third-order valence-corrected chi connectivity index (χ3v) is 4.43. The molecule has 0 bridgehead atoms. The number of rotatable bonds is 8. The van der Waals surface area contributed by atoms with Crippen molar-refractivity contribution in [2.45, 2.75) is 38.6 Å². The van der Waals surface area contributed by atoms with Crippen LogP contribution >= 0.6 is 27.5 Å². The summed E-state index contributed by atoms with van der Waals surface area (Å²) in [6.07, 6.45) is -1.59. The third kappa shape index (κ3) is 7.92. The zero-order chi connectivity index (χ0) is 22.3. The second-order valence-electron chi connectivity index (χ2n) is 7.33. The van der Waals surface area contributed by atoms with Crippen molar-refractivity contribution in [3.63, 3.8) is 0 Å². The Kier molecular flexibility index (Phi) is 8.63. The lowest BCUT2D eigenvalue weighted by atomic mass is 10.1. The number of primary amides is 1. The van der Waals surface area contributed by atoms with Gasteiger partial charge in [0.1, 0.15) is 11.6 Å². The maximum Gasteiger partial charge on any atom is 0.410 e. The Balaban J connectivity index is 2.09. The van der Waals surface area contributed by atoms with Crippen LogP contribution in [0.25, 0.3) is 0 Å². The highest BCUT2D eigenvalue weighted by atomic mass is 79.9. The molecule has 162 valence electrons. The standard InChI is InChI=1S/C20H24BrClN4O4/c1-20(2,3)29-19(28)24-18(12-7-9-14(21)10-8-12)30-26-25-16(17(23)27)13-5-4-6-15(22)11-13/h4-11,16,18,25-26H,1-3H3,(H2,23,27)(H,24,28). The van der Waals surface area contributed by atoms with E-state index in [0.29, 0.717) is 16.1 Å². The van der Waals surface area contributed by atoms with Crippen molar-refractivity contribution in [1.29, 1.82) is 0 Å². The molecule has 30 heavy (non-hydrogen) atoms. The maximum atomic E-state index is 12.2. The Labute approximate surface area is 188 Å². The number of benzene rings is 2. The first-order valence-corrected chi connectivity index (χ1v) is 10.2. The van der Waals surface area contributed by atoms with Gasteiger partial charge in [0.15, 0.2) is 6.23 Å². The molecule has 0 aromatic heterocycles. The zero-order valence-electron chi connectivity index (χ0n) is 16.7. The van der Waals surface area contributed by atoms with Crippen LogP contribution in [0.1, 0.15) is 44.2 Å². The molecule has 10 heteroatoms. The second kappa shape index (κ2) is 10.7. The van der Waals surface area contributed by atoms with Crippen LogP contribution in [0.15, 0.2) is 53.0 Å². The van der Waals surface area contributed by atoms with Gasteiger partial charge in [-0.15, -0.1) is 5.59 Å². The van der Waals surface area contributed by atoms with Gasteiger partial charge in [0.25, 0.3) is 0 Å². The van der Waals surface area contributed by atoms with Crippen LogP contribution < -0.4 is 22.1 Å². The zero-order valence-corrected chi connectivity index (χ0v) is 19.1. The fourth-order valence-corrected chi connectivity index (χ4v) is 2.85. The Bertz CT molecular complexity index is 874. The van der Waals surface area contributed by atoms with Gasteiger partial charge in [-0.2, -0.15) is 0 Å². The average Bonchev–Trinajstić information content (AvgIpc) is 2.63. The first kappa shape index (κ1) is 24.1. The molecule has 0 saturated heterocycles. The van der Waals surface area contributed by atoms with E-state index >= 15 is 0 Å². The Morgan fingerprint density at radius 1 is 1.10 bits per heavy atom. The summed E-state index contributed by atoms with van der Waals surface area (Å²) in [7, 11) is 0. The molecule has 5 N–H and O–H groups in total. The van der Waals surface area contributed by atoms with Crippen molar-refractivity contribution in [3.8, 4) is 0 Å². The number of amides is 2. The molecule has 0 heterocycles. The number of nitrogens with two attached hydrogens (primary N) is 1. The van der Waals surface area contributed by atoms with Crippen LogP contribution in [-0.4, -0.2) is 17.6 Å². The van der Waals surface area contributed by atoms with Crippen LogP contribution in [0.4, 0.5) is 4.79 Å². The van der Waals surface area contributed by atoms with Crippen molar-refractivity contribution in [2.24, 2.45) is 5.73 Å². The summed E-state index contributed by atoms with van der Waals surface area (Å²) < 4.78 is 6.15. The maximum absolute atomic E-state index is 12.2. The highest BCUT2D eigenvalue weighted by Gasteiger charge is 2.23. The second-order valence-corrected chi connectivity index (χ2v) is 8.68. The van der Waals surface area contributed by atoms with Gasteiger partial charge in [-0.05, 0) is 50.6 Å². The van der Waals surface area contributed by atoms with Gasteiger partial charge in [-0.3, -0.25) is 14.9 Å². The number of carbonyl (C=O) groups excluding carboxylic acids is 2. The van der Waals surface area contributed by atoms with E-state index in [2.05, 4.69) is 32.3 Å². The quantitative estimate of drug-likeness (QED) is 0.324. The predicted octanol–water partition coefficient (Wildman–Crippen LogP) is 3.88. The molecule has 0 radical (unpaired) electrons. The summed E-state index contributed by atoms with van der Waals surface area (Å²) in [6, 6.07) is 12.9. The number of halogens is 2. The molecule has 0 aliphatic rings. The molecule has 0 saturated carbocycles. The molecular formula is C20H24BrClN4O4. The highest BCUT2D eigenvalue weighted by Crippen LogP contribution is 2.20. The normalized spacial score (nSPS) is 13.4. The Morgan fingerprint density at radius 2 is 1.77 bits per heavy atom. The molecule has 0 aliphatic heterocycles. The van der Waals surface area contributed by atoms with Crippen molar-refractivity contribution in [1.82, 2.24) is 16.3 Å². The summed E-state index contributed by atoms with van der Waals surface area (Å²) in [5, 5.41) is 3.08. The van der Waals surface area contributed by atoms with Crippen LogP contribution in [-0.2, 0) is 14.4 Å². The average molecular weight is 500 g/mol.